The molecule has 1 saturated heterocycles. The number of nitrogens with one attached hydrogen (secondary N) is 2. The van der Waals surface area contributed by atoms with E-state index in [1.54, 1.807) is 12.1 Å². The molecule has 2 N–H and O–H groups in total. The fourth-order valence-corrected chi connectivity index (χ4v) is 4.94. The van der Waals surface area contributed by atoms with Gasteiger partial charge in [0.15, 0.2) is 6.10 Å². The molecule has 1 aliphatic rings. The average Bonchev–Trinajstić information content (AvgIpc) is 3.20. The molecule has 2 heterocycles. The minimum absolute atomic E-state index is 0.321. The number of benzene rings is 2. The Balaban J connectivity index is 1.25. The van der Waals surface area contributed by atoms with Gasteiger partial charge >= 0.3 is 5.97 Å². The van der Waals surface area contributed by atoms with Gasteiger partial charge in [-0.2, -0.15) is 0 Å². The summed E-state index contributed by atoms with van der Waals surface area (Å²) < 4.78 is 11.4. The fourth-order valence-electron chi connectivity index (χ4n) is 3.51. The van der Waals surface area contributed by atoms with Crippen LogP contribution in [-0.4, -0.2) is 56.7 Å². The Kier molecular flexibility index (Phi) is 7.66. The number of carbonyl (C=O) groups excluding carboxylic acids is 3. The normalized spacial score (nSPS) is 14.5. The van der Waals surface area contributed by atoms with Crippen molar-refractivity contribution in [3.63, 3.8) is 0 Å². The molecule has 1 aliphatic heterocycles. The van der Waals surface area contributed by atoms with E-state index in [0.29, 0.717) is 28.8 Å². The smallest absolute Gasteiger partial charge is 0.326 e. The van der Waals surface area contributed by atoms with Crippen LogP contribution >= 0.6 is 22.9 Å². The second-order valence-corrected chi connectivity index (χ2v) is 9.12. The molecule has 1 aromatic heterocycles. The molecule has 10 heteroatoms. The lowest BCUT2D eigenvalue weighted by Crippen LogP contribution is -2.36. The van der Waals surface area contributed by atoms with E-state index in [2.05, 4.69) is 15.5 Å². The van der Waals surface area contributed by atoms with Crippen LogP contribution in [0.4, 0.5) is 11.4 Å². The summed E-state index contributed by atoms with van der Waals surface area (Å²) in [7, 11) is 0. The van der Waals surface area contributed by atoms with Crippen LogP contribution in [0.25, 0.3) is 10.1 Å². The van der Waals surface area contributed by atoms with Gasteiger partial charge in [-0.15, -0.1) is 11.3 Å². The summed E-state index contributed by atoms with van der Waals surface area (Å²) in [6.07, 6.45) is -1.03. The van der Waals surface area contributed by atoms with Crippen LogP contribution < -0.4 is 15.5 Å². The quantitative estimate of drug-likeness (QED) is 0.479. The lowest BCUT2D eigenvalue weighted by Gasteiger charge is -2.28. The first-order valence-electron chi connectivity index (χ1n) is 10.8. The van der Waals surface area contributed by atoms with E-state index < -0.39 is 23.9 Å². The Morgan fingerprint density at radius 1 is 1.12 bits per heavy atom. The van der Waals surface area contributed by atoms with Gasteiger partial charge in [0.2, 0.25) is 0 Å². The maximum atomic E-state index is 12.5. The summed E-state index contributed by atoms with van der Waals surface area (Å²) in [4.78, 5) is 39.6. The topological polar surface area (TPSA) is 97.0 Å². The molecule has 2 amide bonds. The number of ether oxygens (including phenoxy) is 2. The summed E-state index contributed by atoms with van der Waals surface area (Å²) in [6.45, 7) is 4.13. The average molecular weight is 502 g/mol. The van der Waals surface area contributed by atoms with Crippen molar-refractivity contribution in [2.45, 2.75) is 13.0 Å². The van der Waals surface area contributed by atoms with Gasteiger partial charge in [0, 0.05) is 34.6 Å². The van der Waals surface area contributed by atoms with Crippen LogP contribution in [0.15, 0.2) is 48.5 Å². The van der Waals surface area contributed by atoms with Gasteiger partial charge in [0.25, 0.3) is 11.8 Å². The molecule has 34 heavy (non-hydrogen) atoms. The lowest BCUT2D eigenvalue weighted by atomic mass is 10.2. The standard InChI is InChI=1S/C24H24ClN3O5S/c1-15(23(30)27-16-6-8-17(9-7-16)28-10-12-32-13-11-28)33-20(29)14-26-24(31)22-21(25)18-4-2-3-5-19(18)34-22/h2-9,15H,10-14H2,1H3,(H,26,31)(H,27,30). The van der Waals surface area contributed by atoms with Crippen molar-refractivity contribution < 1.29 is 23.9 Å². The number of esters is 1. The van der Waals surface area contributed by atoms with Crippen LogP contribution in [0.5, 0.6) is 0 Å². The molecule has 8 nitrogen and oxygen atoms in total. The van der Waals surface area contributed by atoms with Gasteiger partial charge in [0.1, 0.15) is 11.4 Å². The second-order valence-electron chi connectivity index (χ2n) is 7.69. The lowest BCUT2D eigenvalue weighted by molar-refractivity contribution is -0.152. The highest BCUT2D eigenvalue weighted by Crippen LogP contribution is 2.34. The molecule has 0 aliphatic carbocycles. The van der Waals surface area contributed by atoms with Crippen molar-refractivity contribution in [3.8, 4) is 0 Å². The zero-order valence-corrected chi connectivity index (χ0v) is 20.1. The number of amides is 2. The molecular formula is C24H24ClN3O5S. The number of hydrogen-bond acceptors (Lipinski definition) is 7. The number of fused-ring (bicyclic) bond motifs is 1. The van der Waals surface area contributed by atoms with Crippen molar-refractivity contribution >= 4 is 62.2 Å². The third-order valence-corrected chi connectivity index (χ3v) is 7.00. The third kappa shape index (κ3) is 5.67. The van der Waals surface area contributed by atoms with Crippen LogP contribution in [0.3, 0.4) is 0 Å². The highest BCUT2D eigenvalue weighted by Gasteiger charge is 2.21. The monoisotopic (exact) mass is 501 g/mol. The minimum atomic E-state index is -1.03. The first-order chi connectivity index (χ1) is 16.4. The fraction of sp³-hybridized carbons (Fsp3) is 0.292. The Labute approximate surface area is 205 Å². The first kappa shape index (κ1) is 24.0. The molecule has 1 fully saturated rings. The van der Waals surface area contributed by atoms with Crippen LogP contribution in [-0.2, 0) is 19.1 Å². The van der Waals surface area contributed by atoms with E-state index in [4.69, 9.17) is 21.1 Å². The highest BCUT2D eigenvalue weighted by molar-refractivity contribution is 7.21. The number of rotatable bonds is 7. The minimum Gasteiger partial charge on any atom is -0.451 e. The second kappa shape index (κ2) is 10.9. The van der Waals surface area contributed by atoms with Gasteiger partial charge in [0.05, 0.1) is 18.2 Å². The van der Waals surface area contributed by atoms with Crippen molar-refractivity contribution in [1.29, 1.82) is 0 Å². The number of halogens is 1. The predicted octanol–water partition coefficient (Wildman–Crippen LogP) is 3.69. The van der Waals surface area contributed by atoms with Crippen molar-refractivity contribution in [2.75, 3.05) is 43.1 Å². The Hall–Kier alpha value is -3.14. The van der Waals surface area contributed by atoms with E-state index in [-0.39, 0.29) is 6.54 Å². The number of anilines is 2. The van der Waals surface area contributed by atoms with Crippen LogP contribution in [0, 0.1) is 0 Å². The van der Waals surface area contributed by atoms with Gasteiger partial charge in [-0.05, 0) is 37.3 Å². The van der Waals surface area contributed by atoms with Gasteiger partial charge in [-0.1, -0.05) is 29.8 Å². The molecule has 0 saturated carbocycles. The number of carbonyl (C=O) groups is 3. The number of hydrogen-bond donors (Lipinski definition) is 2. The number of thiophene rings is 1. The summed E-state index contributed by atoms with van der Waals surface area (Å²) in [5.74, 6) is -1.66. The molecule has 0 radical (unpaired) electrons. The molecule has 0 bridgehead atoms. The molecule has 3 aromatic rings. The van der Waals surface area contributed by atoms with Crippen molar-refractivity contribution in [2.24, 2.45) is 0 Å². The van der Waals surface area contributed by atoms with Gasteiger partial charge in [-0.3, -0.25) is 14.4 Å². The molecule has 0 spiro atoms. The molecule has 1 unspecified atom stereocenters. The van der Waals surface area contributed by atoms with Crippen molar-refractivity contribution in [3.05, 3.63) is 58.4 Å². The number of morpholine rings is 1. The first-order valence-corrected chi connectivity index (χ1v) is 12.0. The van der Waals surface area contributed by atoms with Gasteiger partial charge in [-0.25, -0.2) is 0 Å². The summed E-state index contributed by atoms with van der Waals surface area (Å²) in [6, 6.07) is 14.8. The maximum absolute atomic E-state index is 12.5. The molecule has 2 aromatic carbocycles. The molecular weight excluding hydrogens is 478 g/mol. The Bertz CT molecular complexity index is 1190. The van der Waals surface area contributed by atoms with E-state index in [1.165, 1.54) is 18.3 Å². The summed E-state index contributed by atoms with van der Waals surface area (Å²) >= 11 is 7.54. The highest BCUT2D eigenvalue weighted by atomic mass is 35.5. The van der Waals surface area contributed by atoms with Crippen LogP contribution in [0.1, 0.15) is 16.6 Å². The summed E-state index contributed by atoms with van der Waals surface area (Å²) in [5, 5.41) is 6.36. The Morgan fingerprint density at radius 3 is 2.53 bits per heavy atom. The van der Waals surface area contributed by atoms with E-state index in [0.717, 1.165) is 28.9 Å². The maximum Gasteiger partial charge on any atom is 0.326 e. The van der Waals surface area contributed by atoms with E-state index in [1.807, 2.05) is 36.4 Å². The van der Waals surface area contributed by atoms with E-state index in [9.17, 15) is 14.4 Å². The zero-order chi connectivity index (χ0) is 24.1. The van der Waals surface area contributed by atoms with Gasteiger partial charge < -0.3 is 25.0 Å². The Morgan fingerprint density at radius 2 is 1.82 bits per heavy atom. The predicted molar refractivity (Wildman–Crippen MR) is 133 cm³/mol. The molecule has 1 atom stereocenters. The van der Waals surface area contributed by atoms with Crippen LogP contribution in [0.2, 0.25) is 5.02 Å². The molecule has 178 valence electrons. The third-order valence-electron chi connectivity index (χ3n) is 5.32. The molecule has 4 rings (SSSR count). The zero-order valence-electron chi connectivity index (χ0n) is 18.5. The number of nitrogens with zero attached hydrogens (tertiary/aromatic N) is 1. The van der Waals surface area contributed by atoms with E-state index >= 15 is 0 Å². The van der Waals surface area contributed by atoms with Crippen molar-refractivity contribution in [1.82, 2.24) is 5.32 Å². The SMILES string of the molecule is CC(OC(=O)CNC(=O)c1sc2ccccc2c1Cl)C(=O)Nc1ccc(N2CCOCC2)cc1. The largest absolute Gasteiger partial charge is 0.451 e. The summed E-state index contributed by atoms with van der Waals surface area (Å²) in [5.41, 5.74) is 1.65.